The molecule has 0 bridgehead atoms. The van der Waals surface area contributed by atoms with E-state index in [2.05, 4.69) is 26.3 Å². The Morgan fingerprint density at radius 3 is 2.36 bits per heavy atom. The summed E-state index contributed by atoms with van der Waals surface area (Å²) in [5, 5.41) is 6.85. The molecule has 0 spiro atoms. The molecule has 2 rings (SSSR count). The van der Waals surface area contributed by atoms with Crippen molar-refractivity contribution in [2.24, 2.45) is 7.05 Å². The van der Waals surface area contributed by atoms with Gasteiger partial charge in [-0.05, 0) is 40.5 Å². The third-order valence-corrected chi connectivity index (χ3v) is 5.34. The number of carbonyl (C=O) groups is 1. The fourth-order valence-corrected chi connectivity index (χ4v) is 2.94. The molecule has 0 fully saturated rings. The van der Waals surface area contributed by atoms with E-state index < -0.39 is 9.84 Å². The molecule has 22 heavy (non-hydrogen) atoms. The molecule has 0 unspecified atom stereocenters. The first-order valence-corrected chi connectivity index (χ1v) is 9.17. The van der Waals surface area contributed by atoms with Gasteiger partial charge in [0.25, 0.3) is 5.91 Å². The monoisotopic (exact) mass is 385 g/mol. The molecule has 1 aromatic carbocycles. The van der Waals surface area contributed by atoms with Crippen LogP contribution in [0.1, 0.15) is 28.9 Å². The van der Waals surface area contributed by atoms with E-state index in [1.54, 1.807) is 23.9 Å². The number of benzene rings is 1. The number of amides is 1. The van der Waals surface area contributed by atoms with E-state index in [1.807, 2.05) is 6.92 Å². The van der Waals surface area contributed by atoms with E-state index in [9.17, 15) is 13.2 Å². The first-order chi connectivity index (χ1) is 10.2. The van der Waals surface area contributed by atoms with Gasteiger partial charge in [-0.15, -0.1) is 0 Å². The zero-order valence-electron chi connectivity index (χ0n) is 12.4. The molecule has 1 aromatic heterocycles. The molecule has 6 nitrogen and oxygen atoms in total. The third kappa shape index (κ3) is 3.56. The second-order valence-corrected chi connectivity index (χ2v) is 7.78. The van der Waals surface area contributed by atoms with E-state index in [4.69, 9.17) is 0 Å². The molecule has 2 aromatic rings. The van der Waals surface area contributed by atoms with Crippen molar-refractivity contribution in [2.75, 3.05) is 6.26 Å². The molecule has 8 heteroatoms. The molecule has 0 aliphatic rings. The maximum Gasteiger partial charge on any atom is 0.256 e. The number of halogens is 1. The summed E-state index contributed by atoms with van der Waals surface area (Å²) in [5.41, 5.74) is 1.27. The van der Waals surface area contributed by atoms with E-state index in [0.717, 1.165) is 11.8 Å². The van der Waals surface area contributed by atoms with Gasteiger partial charge in [-0.3, -0.25) is 9.48 Å². The minimum Gasteiger partial charge on any atom is -0.345 e. The molecule has 1 N–H and O–H groups in total. The molecular formula is C14H16BrN3O3S. The van der Waals surface area contributed by atoms with Crippen molar-refractivity contribution in [1.29, 1.82) is 0 Å². The second-order valence-electron chi connectivity index (χ2n) is 5.01. The van der Waals surface area contributed by atoms with Crippen LogP contribution in [0.5, 0.6) is 0 Å². The Labute approximate surface area is 137 Å². The molecule has 1 atom stereocenters. The highest BCUT2D eigenvalue weighted by atomic mass is 79.9. The van der Waals surface area contributed by atoms with Gasteiger partial charge in [0.15, 0.2) is 9.84 Å². The van der Waals surface area contributed by atoms with Crippen LogP contribution < -0.4 is 5.32 Å². The van der Waals surface area contributed by atoms with Crippen LogP contribution in [0.4, 0.5) is 0 Å². The van der Waals surface area contributed by atoms with Crippen molar-refractivity contribution in [3.05, 3.63) is 46.2 Å². The second kappa shape index (κ2) is 6.21. The zero-order valence-corrected chi connectivity index (χ0v) is 14.8. The summed E-state index contributed by atoms with van der Waals surface area (Å²) in [5.74, 6) is -0.250. The van der Waals surface area contributed by atoms with Crippen molar-refractivity contribution >= 4 is 31.7 Å². The van der Waals surface area contributed by atoms with E-state index >= 15 is 0 Å². The van der Waals surface area contributed by atoms with Crippen molar-refractivity contribution in [3.63, 3.8) is 0 Å². The lowest BCUT2D eigenvalue weighted by Crippen LogP contribution is -2.26. The van der Waals surface area contributed by atoms with Crippen LogP contribution in [-0.2, 0) is 16.9 Å². The minimum absolute atomic E-state index is 0.250. The van der Waals surface area contributed by atoms with Crippen LogP contribution in [0.2, 0.25) is 0 Å². The maximum absolute atomic E-state index is 12.2. The van der Waals surface area contributed by atoms with Crippen molar-refractivity contribution < 1.29 is 13.2 Å². The SMILES string of the molecule is C[C@@H](NC(=O)c1cnn(C)c1Br)c1ccc(S(C)(=O)=O)cc1. The fourth-order valence-electron chi connectivity index (χ4n) is 1.94. The molecule has 1 heterocycles. The molecule has 0 aliphatic heterocycles. The highest BCUT2D eigenvalue weighted by Gasteiger charge is 2.17. The van der Waals surface area contributed by atoms with Crippen LogP contribution in [0.25, 0.3) is 0 Å². The average Bonchev–Trinajstić information content (AvgIpc) is 2.78. The Hall–Kier alpha value is -1.67. The first-order valence-electron chi connectivity index (χ1n) is 6.48. The van der Waals surface area contributed by atoms with Crippen molar-refractivity contribution in [3.8, 4) is 0 Å². The maximum atomic E-state index is 12.2. The van der Waals surface area contributed by atoms with Crippen molar-refractivity contribution in [1.82, 2.24) is 15.1 Å². The standard InChI is InChI=1S/C14H16BrN3O3S/c1-9(10-4-6-11(7-5-10)22(3,20)21)17-14(19)12-8-16-18(2)13(12)15/h4-9H,1-3H3,(H,17,19)/t9-/m1/s1. The Bertz CT molecular complexity index is 797. The van der Waals surface area contributed by atoms with E-state index in [-0.39, 0.29) is 16.8 Å². The Morgan fingerprint density at radius 1 is 1.32 bits per heavy atom. The predicted molar refractivity (Wildman–Crippen MR) is 86.3 cm³/mol. The molecule has 0 saturated carbocycles. The normalized spacial score (nSPS) is 12.9. The van der Waals surface area contributed by atoms with E-state index in [1.165, 1.54) is 18.3 Å². The number of carbonyl (C=O) groups excluding carboxylic acids is 1. The number of nitrogens with one attached hydrogen (secondary N) is 1. The van der Waals surface area contributed by atoms with Gasteiger partial charge >= 0.3 is 0 Å². The summed E-state index contributed by atoms with van der Waals surface area (Å²) in [7, 11) is -1.49. The largest absolute Gasteiger partial charge is 0.345 e. The van der Waals surface area contributed by atoms with Gasteiger partial charge < -0.3 is 5.32 Å². The third-order valence-electron chi connectivity index (χ3n) is 3.27. The first kappa shape index (κ1) is 16.7. The Morgan fingerprint density at radius 2 is 1.91 bits per heavy atom. The number of hydrogen-bond donors (Lipinski definition) is 1. The summed E-state index contributed by atoms with van der Waals surface area (Å²) >= 11 is 3.30. The number of hydrogen-bond acceptors (Lipinski definition) is 4. The van der Waals surface area contributed by atoms with Gasteiger partial charge in [0.2, 0.25) is 0 Å². The molecule has 0 aliphatic carbocycles. The summed E-state index contributed by atoms with van der Waals surface area (Å²) in [6, 6.07) is 6.20. The van der Waals surface area contributed by atoms with Gasteiger partial charge in [-0.1, -0.05) is 12.1 Å². The lowest BCUT2D eigenvalue weighted by Gasteiger charge is -2.14. The van der Waals surface area contributed by atoms with Crippen LogP contribution in [0, 0.1) is 0 Å². The van der Waals surface area contributed by atoms with Crippen molar-refractivity contribution in [2.45, 2.75) is 17.9 Å². The van der Waals surface area contributed by atoms with Gasteiger partial charge in [-0.2, -0.15) is 5.10 Å². The molecule has 1 amide bonds. The van der Waals surface area contributed by atoms with Crippen LogP contribution in [-0.4, -0.2) is 30.4 Å². The van der Waals surface area contributed by atoms with Crippen LogP contribution in [0.15, 0.2) is 40.0 Å². The van der Waals surface area contributed by atoms with Gasteiger partial charge in [0, 0.05) is 13.3 Å². The van der Waals surface area contributed by atoms with Gasteiger partial charge in [0.05, 0.1) is 22.7 Å². The highest BCUT2D eigenvalue weighted by Crippen LogP contribution is 2.19. The lowest BCUT2D eigenvalue weighted by molar-refractivity contribution is 0.0939. The molecular weight excluding hydrogens is 370 g/mol. The molecule has 0 radical (unpaired) electrons. The zero-order chi connectivity index (χ0) is 16.5. The van der Waals surface area contributed by atoms with Gasteiger partial charge in [-0.25, -0.2) is 8.42 Å². The Balaban J connectivity index is 2.14. The fraction of sp³-hybridized carbons (Fsp3) is 0.286. The quantitative estimate of drug-likeness (QED) is 0.873. The Kier molecular flexibility index (Phi) is 4.72. The van der Waals surface area contributed by atoms with Gasteiger partial charge in [0.1, 0.15) is 4.60 Å². The van der Waals surface area contributed by atoms with E-state index in [0.29, 0.717) is 10.2 Å². The smallest absolute Gasteiger partial charge is 0.256 e. The topological polar surface area (TPSA) is 81.1 Å². The number of nitrogens with zero attached hydrogens (tertiary/aromatic N) is 2. The van der Waals surface area contributed by atoms with Crippen LogP contribution >= 0.6 is 15.9 Å². The van der Waals surface area contributed by atoms with Crippen LogP contribution in [0.3, 0.4) is 0 Å². The average molecular weight is 386 g/mol. The number of sulfone groups is 1. The summed E-state index contributed by atoms with van der Waals surface area (Å²) in [6.45, 7) is 1.83. The summed E-state index contributed by atoms with van der Waals surface area (Å²) in [6.07, 6.45) is 2.64. The number of rotatable bonds is 4. The summed E-state index contributed by atoms with van der Waals surface area (Å²) < 4.78 is 25.0. The minimum atomic E-state index is -3.22. The number of aryl methyl sites for hydroxylation is 1. The lowest BCUT2D eigenvalue weighted by atomic mass is 10.1. The highest BCUT2D eigenvalue weighted by molar-refractivity contribution is 9.10. The molecule has 0 saturated heterocycles. The molecule has 118 valence electrons. The predicted octanol–water partition coefficient (Wildman–Crippen LogP) is 2.08. The number of aromatic nitrogens is 2. The summed E-state index contributed by atoms with van der Waals surface area (Å²) in [4.78, 5) is 12.5.